The van der Waals surface area contributed by atoms with Gasteiger partial charge in [-0.15, -0.1) is 22.7 Å². The second-order valence-electron chi connectivity index (χ2n) is 5.12. The summed E-state index contributed by atoms with van der Waals surface area (Å²) in [5, 5.41) is 17.0. The van der Waals surface area contributed by atoms with Crippen molar-refractivity contribution in [1.82, 2.24) is 10.3 Å². The number of hydrogen-bond donors (Lipinski definition) is 1. The lowest BCUT2D eigenvalue weighted by Gasteiger charge is -2.05. The fourth-order valence-electron chi connectivity index (χ4n) is 2.20. The van der Waals surface area contributed by atoms with Crippen LogP contribution in [-0.2, 0) is 6.54 Å². The lowest BCUT2D eigenvalue weighted by atomic mass is 10.1. The van der Waals surface area contributed by atoms with Gasteiger partial charge >= 0.3 is 0 Å². The number of rotatable bonds is 5. The van der Waals surface area contributed by atoms with Crippen LogP contribution in [0.5, 0.6) is 0 Å². The number of carbonyl (C=O) groups excluding carboxylic acids is 1. The molecule has 0 aliphatic heterocycles. The third kappa shape index (κ3) is 4.04. The molecular weight excluding hydrogens is 382 g/mol. The Labute approximate surface area is 156 Å². The predicted octanol–water partition coefficient (Wildman–Crippen LogP) is 4.67. The molecule has 25 heavy (non-hydrogen) atoms. The van der Waals surface area contributed by atoms with E-state index in [0.717, 1.165) is 20.5 Å². The molecule has 0 aliphatic rings. The second kappa shape index (κ2) is 7.30. The zero-order chi connectivity index (χ0) is 18.0. The molecule has 0 saturated carbocycles. The zero-order valence-electron chi connectivity index (χ0n) is 13.0. The van der Waals surface area contributed by atoms with Gasteiger partial charge in [-0.2, -0.15) is 0 Å². The Morgan fingerprint density at radius 3 is 2.84 bits per heavy atom. The van der Waals surface area contributed by atoms with Crippen molar-refractivity contribution in [2.45, 2.75) is 13.5 Å². The average molecular weight is 394 g/mol. The summed E-state index contributed by atoms with van der Waals surface area (Å²) in [4.78, 5) is 29.1. The van der Waals surface area contributed by atoms with Crippen LogP contribution in [0.1, 0.15) is 20.2 Å². The minimum absolute atomic E-state index is 0.0515. The van der Waals surface area contributed by atoms with E-state index in [1.807, 2.05) is 24.4 Å². The van der Waals surface area contributed by atoms with Crippen LogP contribution in [0, 0.1) is 17.0 Å². The number of benzene rings is 1. The van der Waals surface area contributed by atoms with E-state index in [1.54, 1.807) is 11.3 Å². The van der Waals surface area contributed by atoms with Crippen molar-refractivity contribution in [3.8, 4) is 10.6 Å². The van der Waals surface area contributed by atoms with Gasteiger partial charge in [0.05, 0.1) is 27.0 Å². The minimum Gasteiger partial charge on any atom is -0.347 e. The standard InChI is InChI=1S/C16H12ClN3O3S2/c1-9-19-13(8-24-9)15-5-3-11(25-15)7-18-16(21)12-6-10(17)2-4-14(12)20(22)23/h2-6,8H,7H2,1H3,(H,18,21). The molecule has 128 valence electrons. The molecule has 0 radical (unpaired) electrons. The van der Waals surface area contributed by atoms with Gasteiger partial charge in [-0.05, 0) is 31.2 Å². The monoisotopic (exact) mass is 393 g/mol. The van der Waals surface area contributed by atoms with Gasteiger partial charge in [0, 0.05) is 21.3 Å². The first-order chi connectivity index (χ1) is 11.9. The number of thiophene rings is 1. The van der Waals surface area contributed by atoms with Gasteiger partial charge in [-0.1, -0.05) is 11.6 Å². The van der Waals surface area contributed by atoms with E-state index in [0.29, 0.717) is 0 Å². The fourth-order valence-corrected chi connectivity index (χ4v) is 3.97. The maximum atomic E-state index is 12.3. The Morgan fingerprint density at radius 1 is 1.36 bits per heavy atom. The highest BCUT2D eigenvalue weighted by Gasteiger charge is 2.20. The summed E-state index contributed by atoms with van der Waals surface area (Å²) in [6, 6.07) is 7.76. The van der Waals surface area contributed by atoms with Crippen molar-refractivity contribution in [2.24, 2.45) is 0 Å². The normalized spacial score (nSPS) is 10.6. The van der Waals surface area contributed by atoms with E-state index in [1.165, 1.54) is 29.5 Å². The third-order valence-electron chi connectivity index (χ3n) is 3.36. The molecule has 0 atom stereocenters. The number of nitro benzene ring substituents is 1. The third-order valence-corrected chi connectivity index (χ3v) is 5.47. The molecule has 0 fully saturated rings. The van der Waals surface area contributed by atoms with E-state index in [2.05, 4.69) is 10.3 Å². The molecule has 3 aromatic rings. The van der Waals surface area contributed by atoms with E-state index in [-0.39, 0.29) is 22.8 Å². The Hall–Kier alpha value is -2.29. The number of amides is 1. The fraction of sp³-hybridized carbons (Fsp3) is 0.125. The molecule has 9 heteroatoms. The Kier molecular flexibility index (Phi) is 5.12. The van der Waals surface area contributed by atoms with E-state index in [4.69, 9.17) is 11.6 Å². The minimum atomic E-state index is -0.598. The summed E-state index contributed by atoms with van der Waals surface area (Å²) in [6.45, 7) is 2.22. The number of carbonyl (C=O) groups is 1. The molecule has 1 amide bonds. The highest BCUT2D eigenvalue weighted by molar-refractivity contribution is 7.16. The zero-order valence-corrected chi connectivity index (χ0v) is 15.4. The maximum absolute atomic E-state index is 12.3. The van der Waals surface area contributed by atoms with Crippen molar-refractivity contribution < 1.29 is 9.72 Å². The van der Waals surface area contributed by atoms with Gasteiger partial charge in [-0.3, -0.25) is 14.9 Å². The molecule has 6 nitrogen and oxygen atoms in total. The Morgan fingerprint density at radius 2 is 2.16 bits per heavy atom. The molecular formula is C16H12ClN3O3S2. The van der Waals surface area contributed by atoms with Crippen LogP contribution in [0.15, 0.2) is 35.7 Å². The van der Waals surface area contributed by atoms with Gasteiger partial charge in [-0.25, -0.2) is 4.98 Å². The van der Waals surface area contributed by atoms with Crippen LogP contribution in [0.4, 0.5) is 5.69 Å². The van der Waals surface area contributed by atoms with Gasteiger partial charge in [0.25, 0.3) is 11.6 Å². The number of aryl methyl sites for hydroxylation is 1. The van der Waals surface area contributed by atoms with Crippen LogP contribution in [0.3, 0.4) is 0 Å². The lowest BCUT2D eigenvalue weighted by molar-refractivity contribution is -0.385. The summed E-state index contributed by atoms with van der Waals surface area (Å²) in [6.07, 6.45) is 0. The van der Waals surface area contributed by atoms with Crippen LogP contribution in [-0.4, -0.2) is 15.8 Å². The summed E-state index contributed by atoms with van der Waals surface area (Å²) in [5.74, 6) is -0.534. The van der Waals surface area contributed by atoms with Gasteiger partial charge < -0.3 is 5.32 Å². The largest absolute Gasteiger partial charge is 0.347 e. The van der Waals surface area contributed by atoms with Crippen LogP contribution in [0.2, 0.25) is 5.02 Å². The molecule has 0 unspecified atom stereocenters. The number of aromatic nitrogens is 1. The van der Waals surface area contributed by atoms with Gasteiger partial charge in [0.2, 0.25) is 0 Å². The van der Waals surface area contributed by atoms with Crippen LogP contribution >= 0.6 is 34.3 Å². The highest BCUT2D eigenvalue weighted by Crippen LogP contribution is 2.29. The van der Waals surface area contributed by atoms with E-state index in [9.17, 15) is 14.9 Å². The van der Waals surface area contributed by atoms with Crippen molar-refractivity contribution >= 4 is 45.9 Å². The molecule has 1 N–H and O–H groups in total. The molecule has 0 saturated heterocycles. The summed E-state index contributed by atoms with van der Waals surface area (Å²) < 4.78 is 0. The van der Waals surface area contributed by atoms with E-state index < -0.39 is 10.8 Å². The Bertz CT molecular complexity index is 952. The number of thiazole rings is 1. The molecule has 0 spiro atoms. The van der Waals surface area contributed by atoms with Crippen molar-refractivity contribution in [3.05, 3.63) is 66.3 Å². The number of hydrogen-bond acceptors (Lipinski definition) is 6. The highest BCUT2D eigenvalue weighted by atomic mass is 35.5. The smallest absolute Gasteiger partial charge is 0.282 e. The topological polar surface area (TPSA) is 85.1 Å². The first-order valence-electron chi connectivity index (χ1n) is 7.17. The Balaban J connectivity index is 1.72. The van der Waals surface area contributed by atoms with Crippen molar-refractivity contribution in [2.75, 3.05) is 0 Å². The molecule has 2 aromatic heterocycles. The number of nitrogens with one attached hydrogen (secondary N) is 1. The first-order valence-corrected chi connectivity index (χ1v) is 9.25. The van der Waals surface area contributed by atoms with Gasteiger partial charge in [0.1, 0.15) is 5.56 Å². The van der Waals surface area contributed by atoms with E-state index >= 15 is 0 Å². The maximum Gasteiger partial charge on any atom is 0.282 e. The summed E-state index contributed by atoms with van der Waals surface area (Å²) in [7, 11) is 0. The van der Waals surface area contributed by atoms with Crippen molar-refractivity contribution in [1.29, 1.82) is 0 Å². The van der Waals surface area contributed by atoms with Crippen LogP contribution in [0.25, 0.3) is 10.6 Å². The average Bonchev–Trinajstić information content (AvgIpc) is 3.21. The predicted molar refractivity (Wildman–Crippen MR) is 99.4 cm³/mol. The summed E-state index contributed by atoms with van der Waals surface area (Å²) in [5.41, 5.74) is 0.590. The molecule has 3 rings (SSSR count). The first kappa shape index (κ1) is 17.5. The quantitative estimate of drug-likeness (QED) is 0.504. The number of nitrogens with zero attached hydrogens (tertiary/aromatic N) is 2. The number of nitro groups is 1. The lowest BCUT2D eigenvalue weighted by Crippen LogP contribution is -2.23. The molecule has 1 aromatic carbocycles. The van der Waals surface area contributed by atoms with Gasteiger partial charge in [0.15, 0.2) is 0 Å². The van der Waals surface area contributed by atoms with Crippen LogP contribution < -0.4 is 5.32 Å². The number of halogens is 1. The molecule has 0 aliphatic carbocycles. The SMILES string of the molecule is Cc1nc(-c2ccc(CNC(=O)c3cc(Cl)ccc3[N+](=O)[O-])s2)cs1. The second-order valence-corrected chi connectivity index (χ2v) is 7.79. The summed E-state index contributed by atoms with van der Waals surface area (Å²) >= 11 is 8.95. The molecule has 0 bridgehead atoms. The molecule has 2 heterocycles. The van der Waals surface area contributed by atoms with Crippen molar-refractivity contribution in [3.63, 3.8) is 0 Å².